The number of amidine groups is 1. The Morgan fingerprint density at radius 2 is 2.00 bits per heavy atom. The third-order valence-electron chi connectivity index (χ3n) is 6.60. The number of nitrogens with one attached hydrogen (secondary N) is 1. The molecule has 220 valence electrons. The van der Waals surface area contributed by atoms with E-state index in [1.54, 1.807) is 4.40 Å². The van der Waals surface area contributed by atoms with Gasteiger partial charge in [0.25, 0.3) is 5.91 Å². The van der Waals surface area contributed by atoms with E-state index >= 15 is 4.39 Å². The van der Waals surface area contributed by atoms with Gasteiger partial charge in [0.05, 0.1) is 50.5 Å². The summed E-state index contributed by atoms with van der Waals surface area (Å²) in [6.45, 7) is 1.72. The summed E-state index contributed by atoms with van der Waals surface area (Å²) in [5.41, 5.74) is -2.65. The van der Waals surface area contributed by atoms with Crippen LogP contribution in [0.25, 0.3) is 5.78 Å². The Balaban J connectivity index is 1.33. The molecule has 41 heavy (non-hydrogen) atoms. The monoisotopic (exact) mass is 599 g/mol. The van der Waals surface area contributed by atoms with E-state index in [4.69, 9.17) is 9.47 Å². The molecule has 0 radical (unpaired) electrons. The minimum atomic E-state index is -5.74. The summed E-state index contributed by atoms with van der Waals surface area (Å²) in [6.07, 6.45) is 2.98. The van der Waals surface area contributed by atoms with Crippen LogP contribution in [0.1, 0.15) is 39.9 Å². The van der Waals surface area contributed by atoms with Gasteiger partial charge in [-0.15, -0.1) is 5.10 Å². The Morgan fingerprint density at radius 3 is 2.68 bits per heavy atom. The van der Waals surface area contributed by atoms with Crippen LogP contribution in [0.3, 0.4) is 0 Å². The fourth-order valence-corrected chi connectivity index (χ4v) is 5.44. The van der Waals surface area contributed by atoms with Crippen LogP contribution in [0.4, 0.5) is 23.2 Å². The lowest BCUT2D eigenvalue weighted by Gasteiger charge is -2.32. The molecule has 2 aliphatic heterocycles. The molecule has 1 amide bonds. The third-order valence-corrected chi connectivity index (χ3v) is 8.11. The van der Waals surface area contributed by atoms with E-state index in [0.29, 0.717) is 48.8 Å². The van der Waals surface area contributed by atoms with E-state index in [0.717, 1.165) is 29.4 Å². The molecule has 2 aromatic heterocycles. The first kappa shape index (κ1) is 28.5. The number of aromatic nitrogens is 3. The van der Waals surface area contributed by atoms with Crippen molar-refractivity contribution < 1.29 is 40.2 Å². The predicted octanol–water partition coefficient (Wildman–Crippen LogP) is 2.32. The number of rotatable bonds is 6. The number of nitrogens with zero attached hydrogens (tertiary/aromatic N) is 6. The van der Waals surface area contributed by atoms with Gasteiger partial charge in [-0.2, -0.15) is 21.6 Å². The molecule has 0 saturated carbocycles. The molecule has 0 fully saturated rings. The molecule has 3 aromatic rings. The van der Waals surface area contributed by atoms with Gasteiger partial charge in [-0.05, 0) is 36.1 Å². The average Bonchev–Trinajstić information content (AvgIpc) is 3.31. The number of ether oxygens (including phenoxy) is 2. The van der Waals surface area contributed by atoms with Crippen LogP contribution >= 0.6 is 0 Å². The maximum Gasteiger partial charge on any atom is 0.516 e. The van der Waals surface area contributed by atoms with Gasteiger partial charge in [0.15, 0.2) is 0 Å². The molecule has 0 saturated heterocycles. The minimum absolute atomic E-state index is 0.0187. The number of fused-ring (bicyclic) bond motifs is 2. The van der Waals surface area contributed by atoms with E-state index in [1.165, 1.54) is 12.1 Å². The molecule has 1 N–H and O–H groups in total. The van der Waals surface area contributed by atoms with Crippen LogP contribution in [0.2, 0.25) is 0 Å². The Hall–Kier alpha value is -3.99. The number of methoxy groups -OCH3 is 1. The van der Waals surface area contributed by atoms with Gasteiger partial charge in [-0.1, -0.05) is 13.0 Å². The zero-order chi connectivity index (χ0) is 29.5. The first-order valence-electron chi connectivity index (χ1n) is 12.5. The first-order valence-corrected chi connectivity index (χ1v) is 13.9. The largest absolute Gasteiger partial charge is 0.516 e. The molecule has 1 aromatic carbocycles. The highest BCUT2D eigenvalue weighted by Gasteiger charge is 2.52. The summed E-state index contributed by atoms with van der Waals surface area (Å²) in [5.74, 6) is -0.833. The fraction of sp³-hybridized carbons (Fsp3) is 0.417. The number of hydrogen-bond acceptors (Lipinski definition) is 9. The number of carbonyl (C=O) groups excluding carboxylic acids is 1. The first-order chi connectivity index (χ1) is 19.4. The number of sulfonamides is 1. The van der Waals surface area contributed by atoms with Crippen LogP contribution < -0.4 is 10.3 Å². The Kier molecular flexibility index (Phi) is 7.50. The van der Waals surface area contributed by atoms with Crippen molar-refractivity contribution in [3.8, 4) is 0 Å². The van der Waals surface area contributed by atoms with Crippen molar-refractivity contribution in [1.82, 2.24) is 24.0 Å². The molecule has 12 nitrogen and oxygen atoms in total. The number of halogens is 4. The second-order valence-electron chi connectivity index (χ2n) is 9.15. The normalized spacial score (nSPS) is 16.0. The van der Waals surface area contributed by atoms with E-state index in [9.17, 15) is 26.4 Å². The van der Waals surface area contributed by atoms with Crippen molar-refractivity contribution in [2.45, 2.75) is 38.4 Å². The minimum Gasteiger partial charge on any atom is -0.467 e. The Labute approximate surface area is 231 Å². The summed E-state index contributed by atoms with van der Waals surface area (Å²) >= 11 is 0. The highest BCUT2D eigenvalue weighted by molar-refractivity contribution is 7.90. The van der Waals surface area contributed by atoms with Crippen LogP contribution in [0.15, 0.2) is 29.5 Å². The van der Waals surface area contributed by atoms with Gasteiger partial charge < -0.3 is 14.8 Å². The van der Waals surface area contributed by atoms with Gasteiger partial charge in [-0.25, -0.2) is 18.7 Å². The molecule has 0 atom stereocenters. The van der Waals surface area contributed by atoms with Crippen LogP contribution in [0.5, 0.6) is 0 Å². The molecule has 0 unspecified atom stereocenters. The predicted molar refractivity (Wildman–Crippen MR) is 137 cm³/mol. The van der Waals surface area contributed by atoms with Gasteiger partial charge in [0.2, 0.25) is 5.78 Å². The summed E-state index contributed by atoms with van der Waals surface area (Å²) in [6, 6.07) is 3.12. The van der Waals surface area contributed by atoms with Crippen molar-refractivity contribution in [3.05, 3.63) is 58.4 Å². The number of alkyl halides is 3. The maximum absolute atomic E-state index is 15.1. The van der Waals surface area contributed by atoms with Crippen LogP contribution in [-0.4, -0.2) is 71.3 Å². The number of carbonyl (C=O) groups is 1. The third kappa shape index (κ3) is 5.26. The molecule has 2 aliphatic rings. The van der Waals surface area contributed by atoms with E-state index in [-0.39, 0.29) is 23.1 Å². The summed E-state index contributed by atoms with van der Waals surface area (Å²) in [5, 5.41) is 7.52. The smallest absolute Gasteiger partial charge is 0.467 e. The van der Waals surface area contributed by atoms with Crippen molar-refractivity contribution in [3.63, 3.8) is 0 Å². The zero-order valence-electron chi connectivity index (χ0n) is 21.9. The molecule has 0 aliphatic carbocycles. The number of benzene rings is 1. The van der Waals surface area contributed by atoms with E-state index < -0.39 is 39.8 Å². The second-order valence-corrected chi connectivity index (χ2v) is 11.0. The van der Waals surface area contributed by atoms with Gasteiger partial charge in [0.1, 0.15) is 11.5 Å². The van der Waals surface area contributed by atoms with Crippen LogP contribution in [0, 0.1) is 5.82 Å². The molecular formula is C24H25F4N7O5S. The van der Waals surface area contributed by atoms with E-state index in [2.05, 4.69) is 20.4 Å². The maximum atomic E-state index is 15.1. The molecule has 5 rings (SSSR count). The fourth-order valence-electron chi connectivity index (χ4n) is 4.55. The van der Waals surface area contributed by atoms with Crippen molar-refractivity contribution in [2.24, 2.45) is 5.10 Å². The molecular weight excluding hydrogens is 574 g/mol. The zero-order valence-corrected chi connectivity index (χ0v) is 22.7. The lowest BCUT2D eigenvalue weighted by atomic mass is 10.1. The number of amides is 1. The van der Waals surface area contributed by atoms with Crippen molar-refractivity contribution in [1.29, 1.82) is 0 Å². The lowest BCUT2D eigenvalue weighted by molar-refractivity contribution is -0.0477. The average molecular weight is 600 g/mol. The number of aryl methyl sites for hydroxylation is 1. The van der Waals surface area contributed by atoms with Crippen molar-refractivity contribution in [2.75, 3.05) is 31.8 Å². The Morgan fingerprint density at radius 1 is 1.22 bits per heavy atom. The molecule has 0 bridgehead atoms. The standard InChI is InChI=1S/C24H25F4N7O5S/c1-3-17-20(33-12-15-6-9-40-13-18(15)31-22(33)30-17)21(36)29-11-14-4-5-19(16(25)10-14)34-7-8-35(23(32-34)39-2)41(37,38)24(26,27)28/h4-5,10,12H,3,6-9,11,13H2,1-2H3,(H,29,36). The summed E-state index contributed by atoms with van der Waals surface area (Å²) < 4.78 is 89.5. The lowest BCUT2D eigenvalue weighted by Crippen LogP contribution is -2.51. The highest BCUT2D eigenvalue weighted by atomic mass is 32.2. The van der Waals surface area contributed by atoms with Crippen molar-refractivity contribution >= 4 is 33.4 Å². The quantitative estimate of drug-likeness (QED) is 0.428. The molecule has 4 heterocycles. The number of imidazole rings is 1. The number of hydrazone groups is 1. The molecule has 17 heteroatoms. The van der Waals surface area contributed by atoms with Gasteiger partial charge >= 0.3 is 21.6 Å². The number of hydrogen-bond donors (Lipinski definition) is 1. The van der Waals surface area contributed by atoms with Gasteiger partial charge in [-0.3, -0.25) is 14.2 Å². The SMILES string of the molecule is CCc1nc2nc3c(cn2c1C(=O)NCc1ccc(N2CCN(S(=O)(=O)C(F)(F)F)C(OC)=N2)c(F)c1)CCOC3. The van der Waals surface area contributed by atoms with E-state index in [1.807, 2.05) is 13.1 Å². The topological polar surface area (TPSA) is 131 Å². The van der Waals surface area contributed by atoms with Gasteiger partial charge in [0, 0.05) is 12.7 Å². The van der Waals surface area contributed by atoms with Crippen LogP contribution in [-0.2, 0) is 45.5 Å². The number of anilines is 1. The highest BCUT2D eigenvalue weighted by Crippen LogP contribution is 2.30. The molecule has 0 spiro atoms. The summed E-state index contributed by atoms with van der Waals surface area (Å²) in [7, 11) is -4.79. The summed E-state index contributed by atoms with van der Waals surface area (Å²) in [4.78, 5) is 22.2. The Bertz CT molecular complexity index is 1640. The second kappa shape index (κ2) is 10.8.